The lowest BCUT2D eigenvalue weighted by atomic mass is 10.1. The van der Waals surface area contributed by atoms with E-state index < -0.39 is 11.7 Å². The summed E-state index contributed by atoms with van der Waals surface area (Å²) in [6.07, 6.45) is 2.18. The number of carbonyl (C=O) groups is 1. The number of rotatable bonds is 5. The lowest BCUT2D eigenvalue weighted by Crippen LogP contribution is -2.44. The van der Waals surface area contributed by atoms with Gasteiger partial charge in [0.15, 0.2) is 0 Å². The number of ether oxygens (including phenoxy) is 1. The molecule has 1 aliphatic rings. The number of hydroxylamine groups is 2. The topological polar surface area (TPSA) is 42.0 Å². The summed E-state index contributed by atoms with van der Waals surface area (Å²) in [6, 6.07) is 20.8. The van der Waals surface area contributed by atoms with Gasteiger partial charge < -0.3 is 4.74 Å². The molecule has 1 amide bonds. The molecule has 156 valence electrons. The van der Waals surface area contributed by atoms with Gasteiger partial charge in [0.05, 0.1) is 6.54 Å². The van der Waals surface area contributed by atoms with E-state index in [1.54, 1.807) is 0 Å². The van der Waals surface area contributed by atoms with E-state index in [1.807, 2.05) is 32.9 Å². The Hall–Kier alpha value is -2.37. The number of nitrogens with zero attached hydrogens (tertiary/aromatic N) is 2. The predicted molar refractivity (Wildman–Crippen MR) is 114 cm³/mol. The maximum Gasteiger partial charge on any atom is 0.434 e. The van der Waals surface area contributed by atoms with Gasteiger partial charge in [0.2, 0.25) is 0 Å². The van der Waals surface area contributed by atoms with E-state index in [0.29, 0.717) is 6.54 Å². The molecular weight excluding hydrogens is 364 g/mol. The molecule has 1 fully saturated rings. The van der Waals surface area contributed by atoms with Crippen molar-refractivity contribution in [1.82, 2.24) is 9.96 Å². The van der Waals surface area contributed by atoms with Crippen LogP contribution in [-0.2, 0) is 22.7 Å². The fourth-order valence-corrected chi connectivity index (χ4v) is 3.42. The zero-order chi connectivity index (χ0) is 20.7. The highest BCUT2D eigenvalue weighted by Gasteiger charge is 2.30. The van der Waals surface area contributed by atoms with E-state index in [1.165, 1.54) is 16.2 Å². The minimum absolute atomic E-state index is 0.189. The average Bonchev–Trinajstić information content (AvgIpc) is 2.94. The van der Waals surface area contributed by atoms with Crippen LogP contribution >= 0.6 is 0 Å². The molecule has 0 radical (unpaired) electrons. The van der Waals surface area contributed by atoms with E-state index in [-0.39, 0.29) is 6.23 Å². The van der Waals surface area contributed by atoms with Crippen LogP contribution in [0.1, 0.15) is 51.2 Å². The van der Waals surface area contributed by atoms with Crippen LogP contribution < -0.4 is 0 Å². The molecule has 1 aliphatic heterocycles. The van der Waals surface area contributed by atoms with Crippen molar-refractivity contribution in [2.45, 2.75) is 65.0 Å². The second kappa shape index (κ2) is 9.90. The highest BCUT2D eigenvalue weighted by Crippen LogP contribution is 2.23. The molecule has 0 bridgehead atoms. The van der Waals surface area contributed by atoms with Crippen molar-refractivity contribution >= 4 is 6.09 Å². The zero-order valence-corrected chi connectivity index (χ0v) is 17.7. The summed E-state index contributed by atoms with van der Waals surface area (Å²) in [4.78, 5) is 21.1. The Morgan fingerprint density at radius 1 is 1.00 bits per heavy atom. The van der Waals surface area contributed by atoms with Crippen LogP contribution in [0.2, 0.25) is 0 Å². The van der Waals surface area contributed by atoms with Gasteiger partial charge in [-0.25, -0.2) is 9.63 Å². The lowest BCUT2D eigenvalue weighted by Gasteiger charge is -2.34. The van der Waals surface area contributed by atoms with Gasteiger partial charge in [-0.3, -0.25) is 4.90 Å². The first-order valence-electron chi connectivity index (χ1n) is 10.4. The Bertz CT molecular complexity index is 717. The van der Waals surface area contributed by atoms with Crippen LogP contribution in [-0.4, -0.2) is 34.4 Å². The third-order valence-corrected chi connectivity index (χ3v) is 4.77. The van der Waals surface area contributed by atoms with E-state index in [2.05, 4.69) is 53.4 Å². The summed E-state index contributed by atoms with van der Waals surface area (Å²) >= 11 is 0. The summed E-state index contributed by atoms with van der Waals surface area (Å²) in [5.74, 6) is 0. The van der Waals surface area contributed by atoms with Gasteiger partial charge in [0, 0.05) is 13.1 Å². The smallest absolute Gasteiger partial charge is 0.434 e. The van der Waals surface area contributed by atoms with Crippen molar-refractivity contribution in [2.24, 2.45) is 0 Å². The minimum Gasteiger partial charge on any atom is -0.442 e. The summed E-state index contributed by atoms with van der Waals surface area (Å²) in [6.45, 7) is 7.67. The van der Waals surface area contributed by atoms with Crippen LogP contribution in [0.15, 0.2) is 60.7 Å². The summed E-state index contributed by atoms with van der Waals surface area (Å²) in [5, 5.41) is 1.41. The highest BCUT2D eigenvalue weighted by atomic mass is 16.7. The number of carbonyl (C=O) groups excluding carboxylic acids is 1. The lowest BCUT2D eigenvalue weighted by molar-refractivity contribution is -0.221. The molecule has 1 atom stereocenters. The Labute approximate surface area is 174 Å². The van der Waals surface area contributed by atoms with Crippen molar-refractivity contribution in [3.63, 3.8) is 0 Å². The Morgan fingerprint density at radius 2 is 1.55 bits per heavy atom. The normalized spacial score (nSPS) is 17.8. The molecule has 29 heavy (non-hydrogen) atoms. The Kier molecular flexibility index (Phi) is 7.29. The number of hydrogen-bond donors (Lipinski definition) is 0. The maximum absolute atomic E-state index is 12.6. The van der Waals surface area contributed by atoms with E-state index in [0.717, 1.165) is 32.4 Å². The predicted octanol–water partition coefficient (Wildman–Crippen LogP) is 5.37. The maximum atomic E-state index is 12.6. The molecule has 0 saturated carbocycles. The van der Waals surface area contributed by atoms with Gasteiger partial charge in [-0.15, -0.1) is 0 Å². The van der Waals surface area contributed by atoms with Crippen molar-refractivity contribution in [1.29, 1.82) is 0 Å². The largest absolute Gasteiger partial charge is 0.442 e. The van der Waals surface area contributed by atoms with Crippen molar-refractivity contribution in [3.8, 4) is 0 Å². The van der Waals surface area contributed by atoms with E-state index in [4.69, 9.17) is 9.57 Å². The molecule has 5 heteroatoms. The molecule has 5 nitrogen and oxygen atoms in total. The summed E-state index contributed by atoms with van der Waals surface area (Å²) in [5.41, 5.74) is 1.90. The van der Waals surface area contributed by atoms with Crippen LogP contribution in [0, 0.1) is 0 Å². The first kappa shape index (κ1) is 21.3. The molecule has 0 spiro atoms. The third-order valence-electron chi connectivity index (χ3n) is 4.77. The van der Waals surface area contributed by atoms with Crippen molar-refractivity contribution in [3.05, 3.63) is 71.8 Å². The second-order valence-corrected chi connectivity index (χ2v) is 8.51. The highest BCUT2D eigenvalue weighted by molar-refractivity contribution is 5.66. The molecule has 0 aromatic heterocycles. The zero-order valence-electron chi connectivity index (χ0n) is 17.7. The molecule has 2 aromatic rings. The number of hydrogen-bond acceptors (Lipinski definition) is 4. The molecular formula is C24H32N2O3. The second-order valence-electron chi connectivity index (χ2n) is 8.51. The van der Waals surface area contributed by atoms with Crippen molar-refractivity contribution < 1.29 is 14.4 Å². The fourth-order valence-electron chi connectivity index (χ4n) is 3.42. The summed E-state index contributed by atoms with van der Waals surface area (Å²) < 4.78 is 5.54. The molecule has 0 unspecified atom stereocenters. The SMILES string of the molecule is CC(C)(C)OC(=O)N1CCCC[C@H](N(Cc2ccccc2)Cc2ccccc2)O1. The van der Waals surface area contributed by atoms with E-state index in [9.17, 15) is 4.79 Å². The van der Waals surface area contributed by atoms with Gasteiger partial charge in [0.1, 0.15) is 11.8 Å². The number of benzene rings is 2. The van der Waals surface area contributed by atoms with Crippen LogP contribution in [0.25, 0.3) is 0 Å². The molecule has 0 N–H and O–H groups in total. The van der Waals surface area contributed by atoms with Gasteiger partial charge in [-0.2, -0.15) is 5.06 Å². The Balaban J connectivity index is 1.77. The van der Waals surface area contributed by atoms with Crippen molar-refractivity contribution in [2.75, 3.05) is 6.54 Å². The standard InChI is InChI=1S/C24H32N2O3/c1-24(2,3)28-23(27)26-17-11-10-16-22(29-26)25(18-20-12-6-4-7-13-20)19-21-14-8-5-9-15-21/h4-9,12-15,22H,10-11,16-19H2,1-3H3/t22-/m1/s1. The summed E-state index contributed by atoms with van der Waals surface area (Å²) in [7, 11) is 0. The first-order valence-corrected chi connectivity index (χ1v) is 10.4. The Morgan fingerprint density at radius 3 is 2.07 bits per heavy atom. The molecule has 1 heterocycles. The number of amides is 1. The van der Waals surface area contributed by atoms with Crippen LogP contribution in [0.3, 0.4) is 0 Å². The molecule has 2 aromatic carbocycles. The quantitative estimate of drug-likeness (QED) is 0.682. The molecule has 3 rings (SSSR count). The molecule has 1 saturated heterocycles. The third kappa shape index (κ3) is 6.87. The van der Waals surface area contributed by atoms with Gasteiger partial charge >= 0.3 is 6.09 Å². The minimum atomic E-state index is -0.546. The van der Waals surface area contributed by atoms with Crippen LogP contribution in [0.5, 0.6) is 0 Å². The van der Waals surface area contributed by atoms with Gasteiger partial charge in [0.25, 0.3) is 0 Å². The van der Waals surface area contributed by atoms with Crippen LogP contribution in [0.4, 0.5) is 4.79 Å². The van der Waals surface area contributed by atoms with Gasteiger partial charge in [-0.05, 0) is 51.2 Å². The van der Waals surface area contributed by atoms with Gasteiger partial charge in [-0.1, -0.05) is 60.7 Å². The fraction of sp³-hybridized carbons (Fsp3) is 0.458. The van der Waals surface area contributed by atoms with E-state index >= 15 is 0 Å². The average molecular weight is 397 g/mol. The first-order chi connectivity index (χ1) is 13.9. The molecule has 0 aliphatic carbocycles. The monoisotopic (exact) mass is 396 g/mol.